The quantitative estimate of drug-likeness (QED) is 0.656. The zero-order valence-electron chi connectivity index (χ0n) is 13.8. The lowest BCUT2D eigenvalue weighted by Gasteiger charge is -2.05. The molecule has 0 unspecified atom stereocenters. The highest BCUT2D eigenvalue weighted by Crippen LogP contribution is 1.97. The summed E-state index contributed by atoms with van der Waals surface area (Å²) in [5.74, 6) is 0. The van der Waals surface area contributed by atoms with Crippen molar-refractivity contribution in [2.75, 3.05) is 19.7 Å². The Bertz CT molecular complexity index is 153. The average molecular weight is 276 g/mol. The third-order valence-corrected chi connectivity index (χ3v) is 1.84. The van der Waals surface area contributed by atoms with E-state index in [1.165, 1.54) is 6.42 Å². The summed E-state index contributed by atoms with van der Waals surface area (Å²) in [5, 5.41) is 2.70. The molecule has 3 N–H and O–H groups in total. The van der Waals surface area contributed by atoms with Crippen molar-refractivity contribution in [3.05, 3.63) is 0 Å². The number of hydrogen-bond acceptors (Lipinski definition) is 3. The van der Waals surface area contributed by atoms with Crippen LogP contribution in [-0.4, -0.2) is 25.8 Å². The Morgan fingerprint density at radius 3 is 2.05 bits per heavy atom. The number of alkyl carbamates (subject to hydrolysis) is 1. The number of carbonyl (C=O) groups excluding carboxylic acids is 1. The van der Waals surface area contributed by atoms with Gasteiger partial charge in [0.05, 0.1) is 6.61 Å². The summed E-state index contributed by atoms with van der Waals surface area (Å²) in [6.07, 6.45) is 6.14. The smallest absolute Gasteiger partial charge is 0.407 e. The summed E-state index contributed by atoms with van der Waals surface area (Å²) in [7, 11) is 0. The van der Waals surface area contributed by atoms with Crippen molar-refractivity contribution in [1.82, 2.24) is 5.32 Å². The lowest BCUT2D eigenvalue weighted by molar-refractivity contribution is 0.146. The van der Waals surface area contributed by atoms with E-state index in [1.807, 2.05) is 20.8 Å². The molecule has 0 aromatic carbocycles. The monoisotopic (exact) mass is 276 g/mol. The Morgan fingerprint density at radius 1 is 1.05 bits per heavy atom. The van der Waals surface area contributed by atoms with Crippen LogP contribution in [0.25, 0.3) is 0 Å². The molecule has 4 heteroatoms. The molecule has 0 saturated carbocycles. The molecule has 4 nitrogen and oxygen atoms in total. The highest BCUT2D eigenvalue weighted by atomic mass is 16.5. The maximum atomic E-state index is 10.9. The Balaban J connectivity index is -0.000000445. The minimum absolute atomic E-state index is 0.300. The molecule has 0 atom stereocenters. The highest BCUT2D eigenvalue weighted by Gasteiger charge is 1.98. The molecule has 0 saturated heterocycles. The van der Waals surface area contributed by atoms with Crippen LogP contribution in [0.3, 0.4) is 0 Å². The van der Waals surface area contributed by atoms with Gasteiger partial charge in [0, 0.05) is 6.54 Å². The molecule has 0 heterocycles. The molecule has 0 aromatic rings. The van der Waals surface area contributed by atoms with Crippen LogP contribution < -0.4 is 11.1 Å². The maximum Gasteiger partial charge on any atom is 0.407 e. The first-order chi connectivity index (χ1) is 9.22. The fraction of sp³-hybridized carbons (Fsp3) is 0.933. The maximum absolute atomic E-state index is 10.9. The van der Waals surface area contributed by atoms with Crippen LogP contribution in [-0.2, 0) is 4.74 Å². The molecule has 0 aliphatic heterocycles. The minimum Gasteiger partial charge on any atom is -0.450 e. The van der Waals surface area contributed by atoms with E-state index in [9.17, 15) is 4.79 Å². The van der Waals surface area contributed by atoms with Crippen LogP contribution in [0.5, 0.6) is 0 Å². The lowest BCUT2D eigenvalue weighted by atomic mass is 10.2. The summed E-state index contributed by atoms with van der Waals surface area (Å²) in [4.78, 5) is 10.9. The molecule has 0 radical (unpaired) electrons. The fourth-order valence-electron chi connectivity index (χ4n) is 1.06. The van der Waals surface area contributed by atoms with Gasteiger partial charge < -0.3 is 15.8 Å². The Labute approximate surface area is 120 Å². The molecule has 1 amide bonds. The van der Waals surface area contributed by atoms with Gasteiger partial charge in [0.15, 0.2) is 0 Å². The van der Waals surface area contributed by atoms with E-state index < -0.39 is 0 Å². The van der Waals surface area contributed by atoms with Gasteiger partial charge in [-0.2, -0.15) is 0 Å². The largest absolute Gasteiger partial charge is 0.450 e. The van der Waals surface area contributed by atoms with Crippen LogP contribution in [0.15, 0.2) is 0 Å². The van der Waals surface area contributed by atoms with Crippen molar-refractivity contribution in [2.24, 2.45) is 5.73 Å². The Morgan fingerprint density at radius 2 is 1.58 bits per heavy atom. The van der Waals surface area contributed by atoms with Crippen molar-refractivity contribution in [3.8, 4) is 0 Å². The Kier molecular flexibility index (Phi) is 31.8. The molecule has 0 aliphatic rings. The van der Waals surface area contributed by atoms with Crippen molar-refractivity contribution < 1.29 is 9.53 Å². The standard InChI is InChI=1S/C10H22N2O2.C3H8.C2H6/c1-2-9-14-10(13)12-8-6-4-3-5-7-11;1-3-2;1-2/h2-9,11H2,1H3,(H,12,13);3H2,1-2H3;1-2H3. The molecule has 0 spiro atoms. The van der Waals surface area contributed by atoms with Crippen LogP contribution in [0.2, 0.25) is 0 Å². The second-order valence-electron chi connectivity index (χ2n) is 3.97. The van der Waals surface area contributed by atoms with Gasteiger partial charge in [0.25, 0.3) is 0 Å². The van der Waals surface area contributed by atoms with Gasteiger partial charge in [-0.05, 0) is 25.8 Å². The summed E-state index contributed by atoms with van der Waals surface area (Å²) in [6.45, 7) is 12.2. The van der Waals surface area contributed by atoms with E-state index in [2.05, 4.69) is 19.2 Å². The number of ether oxygens (including phenoxy) is 1. The summed E-state index contributed by atoms with van der Waals surface area (Å²) >= 11 is 0. The molecule has 0 rings (SSSR count). The first kappa shape index (κ1) is 23.3. The number of nitrogens with one attached hydrogen (secondary N) is 1. The van der Waals surface area contributed by atoms with Gasteiger partial charge in [-0.3, -0.25) is 0 Å². The number of hydrogen-bond donors (Lipinski definition) is 2. The highest BCUT2D eigenvalue weighted by molar-refractivity contribution is 5.66. The van der Waals surface area contributed by atoms with Crippen molar-refractivity contribution in [2.45, 2.75) is 73.1 Å². The normalized spacial score (nSPS) is 8.53. The van der Waals surface area contributed by atoms with E-state index in [4.69, 9.17) is 10.5 Å². The van der Waals surface area contributed by atoms with Crippen molar-refractivity contribution in [1.29, 1.82) is 0 Å². The van der Waals surface area contributed by atoms with E-state index in [0.717, 1.165) is 38.6 Å². The topological polar surface area (TPSA) is 64.3 Å². The van der Waals surface area contributed by atoms with Crippen LogP contribution >= 0.6 is 0 Å². The van der Waals surface area contributed by atoms with Gasteiger partial charge in [0.1, 0.15) is 0 Å². The zero-order valence-corrected chi connectivity index (χ0v) is 13.8. The van der Waals surface area contributed by atoms with Crippen LogP contribution in [0.1, 0.15) is 73.1 Å². The average Bonchev–Trinajstić information content (AvgIpc) is 2.43. The molecular weight excluding hydrogens is 240 g/mol. The molecule has 0 bridgehead atoms. The third-order valence-electron chi connectivity index (χ3n) is 1.84. The van der Waals surface area contributed by atoms with Crippen molar-refractivity contribution >= 4 is 6.09 Å². The number of amides is 1. The van der Waals surface area contributed by atoms with Gasteiger partial charge >= 0.3 is 6.09 Å². The molecule has 19 heavy (non-hydrogen) atoms. The molecule has 118 valence electrons. The van der Waals surface area contributed by atoms with Crippen molar-refractivity contribution in [3.63, 3.8) is 0 Å². The summed E-state index contributed by atoms with van der Waals surface area (Å²) < 4.78 is 4.85. The summed E-state index contributed by atoms with van der Waals surface area (Å²) in [5.41, 5.74) is 5.36. The first-order valence-corrected chi connectivity index (χ1v) is 7.83. The third kappa shape index (κ3) is 31.7. The second kappa shape index (κ2) is 25.9. The van der Waals surface area contributed by atoms with Gasteiger partial charge in [-0.1, -0.05) is 53.9 Å². The molecular formula is C15H36N2O2. The number of nitrogens with two attached hydrogens (primary N) is 1. The van der Waals surface area contributed by atoms with Crippen LogP contribution in [0.4, 0.5) is 4.79 Å². The first-order valence-electron chi connectivity index (χ1n) is 7.83. The Hall–Kier alpha value is -0.770. The molecule has 0 fully saturated rings. The van der Waals surface area contributed by atoms with E-state index in [0.29, 0.717) is 13.2 Å². The predicted molar refractivity (Wildman–Crippen MR) is 84.5 cm³/mol. The predicted octanol–water partition coefficient (Wildman–Crippen LogP) is 4.08. The molecule has 0 aromatic heterocycles. The second-order valence-corrected chi connectivity index (χ2v) is 3.97. The minimum atomic E-state index is -0.300. The van der Waals surface area contributed by atoms with Gasteiger partial charge in [-0.25, -0.2) is 4.79 Å². The number of rotatable bonds is 8. The summed E-state index contributed by atoms with van der Waals surface area (Å²) in [6, 6.07) is 0. The lowest BCUT2D eigenvalue weighted by Crippen LogP contribution is -2.25. The van der Waals surface area contributed by atoms with Gasteiger partial charge in [0.2, 0.25) is 0 Å². The fourth-order valence-corrected chi connectivity index (χ4v) is 1.06. The van der Waals surface area contributed by atoms with Crippen LogP contribution in [0, 0.1) is 0 Å². The zero-order chi connectivity index (χ0) is 15.4. The number of unbranched alkanes of at least 4 members (excludes halogenated alkanes) is 3. The number of carbonyl (C=O) groups is 1. The van der Waals surface area contributed by atoms with Gasteiger partial charge in [-0.15, -0.1) is 0 Å². The van der Waals surface area contributed by atoms with E-state index in [-0.39, 0.29) is 6.09 Å². The molecule has 0 aliphatic carbocycles. The SMILES string of the molecule is CC.CCC.CCCOC(=O)NCCCCCCN. The van der Waals surface area contributed by atoms with E-state index >= 15 is 0 Å². The van der Waals surface area contributed by atoms with E-state index in [1.54, 1.807) is 0 Å².